The SMILES string of the molecule is O=S(=O)(c1cc(F)ccc1F)N1CCN(c2c(F)c(F)nc(F)c2F)CC1. The van der Waals surface area contributed by atoms with E-state index in [1.807, 2.05) is 0 Å². The van der Waals surface area contributed by atoms with Crippen LogP contribution in [0.5, 0.6) is 0 Å². The molecule has 0 unspecified atom stereocenters. The van der Waals surface area contributed by atoms with Gasteiger partial charge in [0.1, 0.15) is 22.2 Å². The van der Waals surface area contributed by atoms with E-state index < -0.39 is 55.8 Å². The molecule has 1 aromatic carbocycles. The summed E-state index contributed by atoms with van der Waals surface area (Å²) < 4.78 is 107. The highest BCUT2D eigenvalue weighted by atomic mass is 32.2. The smallest absolute Gasteiger partial charge is 0.253 e. The van der Waals surface area contributed by atoms with Crippen LogP contribution < -0.4 is 4.90 Å². The molecule has 1 aliphatic heterocycles. The van der Waals surface area contributed by atoms with Gasteiger partial charge in [-0.3, -0.25) is 0 Å². The van der Waals surface area contributed by atoms with Gasteiger partial charge < -0.3 is 4.90 Å². The molecule has 27 heavy (non-hydrogen) atoms. The summed E-state index contributed by atoms with van der Waals surface area (Å²) in [6, 6.07) is 1.93. The fourth-order valence-corrected chi connectivity index (χ4v) is 4.22. The van der Waals surface area contributed by atoms with Crippen LogP contribution in [-0.4, -0.2) is 43.9 Å². The van der Waals surface area contributed by atoms with Gasteiger partial charge >= 0.3 is 0 Å². The fourth-order valence-electron chi connectivity index (χ4n) is 2.72. The number of pyridine rings is 1. The molecular formula is C15H11F6N3O2S. The minimum absolute atomic E-state index is 0.340. The van der Waals surface area contributed by atoms with Gasteiger partial charge in [-0.05, 0) is 18.2 Å². The lowest BCUT2D eigenvalue weighted by molar-refractivity contribution is 0.367. The molecule has 146 valence electrons. The molecule has 1 aliphatic rings. The van der Waals surface area contributed by atoms with E-state index in [9.17, 15) is 34.8 Å². The van der Waals surface area contributed by atoms with Crippen molar-refractivity contribution in [2.24, 2.45) is 0 Å². The Kier molecular flexibility index (Phi) is 5.04. The monoisotopic (exact) mass is 411 g/mol. The van der Waals surface area contributed by atoms with E-state index in [0.717, 1.165) is 15.3 Å². The quantitative estimate of drug-likeness (QED) is 0.575. The lowest BCUT2D eigenvalue weighted by Crippen LogP contribution is -2.49. The molecular weight excluding hydrogens is 400 g/mol. The summed E-state index contributed by atoms with van der Waals surface area (Å²) >= 11 is 0. The summed E-state index contributed by atoms with van der Waals surface area (Å²) in [6.07, 6.45) is 0. The first-order chi connectivity index (χ1) is 12.6. The van der Waals surface area contributed by atoms with Crippen LogP contribution in [0.3, 0.4) is 0 Å². The molecule has 0 bridgehead atoms. The third-order valence-electron chi connectivity index (χ3n) is 4.04. The molecule has 0 radical (unpaired) electrons. The third kappa shape index (κ3) is 3.46. The fraction of sp³-hybridized carbons (Fsp3) is 0.267. The van der Waals surface area contributed by atoms with Crippen molar-refractivity contribution in [2.45, 2.75) is 4.90 Å². The van der Waals surface area contributed by atoms with Crippen molar-refractivity contribution in [3.8, 4) is 0 Å². The van der Waals surface area contributed by atoms with Crippen molar-refractivity contribution in [3.05, 3.63) is 53.4 Å². The molecule has 0 atom stereocenters. The summed E-state index contributed by atoms with van der Waals surface area (Å²) in [5.74, 6) is -9.20. The average molecular weight is 411 g/mol. The number of hydrogen-bond acceptors (Lipinski definition) is 4. The Morgan fingerprint density at radius 1 is 0.852 bits per heavy atom. The molecule has 0 N–H and O–H groups in total. The molecule has 2 aromatic rings. The second-order valence-electron chi connectivity index (χ2n) is 5.64. The maximum Gasteiger partial charge on any atom is 0.253 e. The number of rotatable bonds is 3. The highest BCUT2D eigenvalue weighted by Gasteiger charge is 2.34. The van der Waals surface area contributed by atoms with Crippen LogP contribution in [0.2, 0.25) is 0 Å². The number of halogens is 6. The number of hydrogen-bond donors (Lipinski definition) is 0. The predicted molar refractivity (Wildman–Crippen MR) is 81.4 cm³/mol. The number of nitrogens with zero attached hydrogens (tertiary/aromatic N) is 3. The summed E-state index contributed by atoms with van der Waals surface area (Å²) in [7, 11) is -4.41. The molecule has 1 saturated heterocycles. The Balaban J connectivity index is 1.85. The van der Waals surface area contributed by atoms with Crippen LogP contribution in [0.1, 0.15) is 0 Å². The van der Waals surface area contributed by atoms with Gasteiger partial charge in [0.25, 0.3) is 11.9 Å². The molecule has 0 amide bonds. The van der Waals surface area contributed by atoms with Gasteiger partial charge in [-0.15, -0.1) is 0 Å². The minimum atomic E-state index is -4.41. The second-order valence-corrected chi connectivity index (χ2v) is 7.54. The molecule has 1 aromatic heterocycles. The number of piperazine rings is 1. The molecule has 0 saturated carbocycles. The zero-order valence-electron chi connectivity index (χ0n) is 13.4. The van der Waals surface area contributed by atoms with E-state index in [0.29, 0.717) is 12.1 Å². The van der Waals surface area contributed by atoms with Crippen molar-refractivity contribution in [2.75, 3.05) is 31.1 Å². The topological polar surface area (TPSA) is 53.5 Å². The lowest BCUT2D eigenvalue weighted by Gasteiger charge is -2.35. The summed E-state index contributed by atoms with van der Waals surface area (Å²) in [6.45, 7) is -1.43. The summed E-state index contributed by atoms with van der Waals surface area (Å²) in [4.78, 5) is 2.48. The normalized spacial score (nSPS) is 16.0. The van der Waals surface area contributed by atoms with Crippen LogP contribution in [0.15, 0.2) is 23.1 Å². The molecule has 1 fully saturated rings. The van der Waals surface area contributed by atoms with Gasteiger partial charge in [0.2, 0.25) is 21.7 Å². The lowest BCUT2D eigenvalue weighted by atomic mass is 10.2. The molecule has 2 heterocycles. The van der Waals surface area contributed by atoms with E-state index >= 15 is 0 Å². The first-order valence-electron chi connectivity index (χ1n) is 7.53. The van der Waals surface area contributed by atoms with E-state index in [-0.39, 0.29) is 26.2 Å². The van der Waals surface area contributed by atoms with Crippen LogP contribution in [-0.2, 0) is 10.0 Å². The van der Waals surface area contributed by atoms with Crippen LogP contribution in [0.4, 0.5) is 32.0 Å². The number of aromatic nitrogens is 1. The Morgan fingerprint density at radius 2 is 1.41 bits per heavy atom. The van der Waals surface area contributed by atoms with Crippen molar-refractivity contribution < 1.29 is 34.8 Å². The van der Waals surface area contributed by atoms with Crippen molar-refractivity contribution in [3.63, 3.8) is 0 Å². The van der Waals surface area contributed by atoms with Gasteiger partial charge in [0.15, 0.2) is 0 Å². The first-order valence-corrected chi connectivity index (χ1v) is 8.97. The van der Waals surface area contributed by atoms with Gasteiger partial charge in [-0.25, -0.2) is 17.2 Å². The Bertz CT molecular complexity index is 967. The predicted octanol–water partition coefficient (Wildman–Crippen LogP) is 2.43. The largest absolute Gasteiger partial charge is 0.364 e. The standard InChI is InChI=1S/C15H11F6N3O2S/c16-8-1-2-9(17)10(7-8)27(25,26)24-5-3-23(4-6-24)13-11(18)14(20)22-15(21)12(13)19/h1-2,7H,3-6H2. The molecule has 3 rings (SSSR count). The van der Waals surface area contributed by atoms with Crippen molar-refractivity contribution in [1.82, 2.24) is 9.29 Å². The van der Waals surface area contributed by atoms with Crippen LogP contribution in [0, 0.1) is 35.2 Å². The maximum atomic E-state index is 13.8. The maximum absolute atomic E-state index is 13.8. The third-order valence-corrected chi connectivity index (χ3v) is 5.95. The van der Waals surface area contributed by atoms with E-state index in [4.69, 9.17) is 0 Å². The van der Waals surface area contributed by atoms with Crippen LogP contribution in [0.25, 0.3) is 0 Å². The van der Waals surface area contributed by atoms with E-state index in [2.05, 4.69) is 4.98 Å². The Labute approximate surface area is 149 Å². The summed E-state index contributed by atoms with van der Waals surface area (Å²) in [5, 5.41) is 0. The first kappa shape index (κ1) is 19.4. The highest BCUT2D eigenvalue weighted by Crippen LogP contribution is 2.28. The van der Waals surface area contributed by atoms with E-state index in [1.165, 1.54) is 0 Å². The zero-order valence-corrected chi connectivity index (χ0v) is 14.2. The van der Waals surface area contributed by atoms with Crippen molar-refractivity contribution in [1.29, 1.82) is 0 Å². The number of sulfonamides is 1. The zero-order chi connectivity index (χ0) is 19.9. The molecule has 0 spiro atoms. The van der Waals surface area contributed by atoms with E-state index in [1.54, 1.807) is 0 Å². The molecule has 0 aliphatic carbocycles. The van der Waals surface area contributed by atoms with Gasteiger partial charge in [-0.2, -0.15) is 26.9 Å². The van der Waals surface area contributed by atoms with Crippen LogP contribution >= 0.6 is 0 Å². The molecule has 5 nitrogen and oxygen atoms in total. The summed E-state index contributed by atoms with van der Waals surface area (Å²) in [5.41, 5.74) is -1.01. The van der Waals surface area contributed by atoms with Crippen molar-refractivity contribution >= 4 is 15.7 Å². The Morgan fingerprint density at radius 3 is 1.96 bits per heavy atom. The highest BCUT2D eigenvalue weighted by molar-refractivity contribution is 7.89. The minimum Gasteiger partial charge on any atom is -0.364 e. The second kappa shape index (κ2) is 7.00. The number of anilines is 1. The van der Waals surface area contributed by atoms with Gasteiger partial charge in [-0.1, -0.05) is 0 Å². The molecule has 12 heteroatoms. The Hall–Kier alpha value is -2.34. The van der Waals surface area contributed by atoms with Gasteiger partial charge in [0, 0.05) is 26.2 Å². The number of benzene rings is 1. The average Bonchev–Trinajstić information content (AvgIpc) is 2.62. The van der Waals surface area contributed by atoms with Gasteiger partial charge in [0.05, 0.1) is 0 Å².